The van der Waals surface area contributed by atoms with Crippen LogP contribution in [-0.4, -0.2) is 58.8 Å². The molecule has 8 heteroatoms. The minimum Gasteiger partial charge on any atom is -0.376 e. The lowest BCUT2D eigenvalue weighted by Gasteiger charge is -2.16. The van der Waals surface area contributed by atoms with Gasteiger partial charge in [0.2, 0.25) is 5.16 Å². The van der Waals surface area contributed by atoms with E-state index in [1.807, 2.05) is 30.3 Å². The van der Waals surface area contributed by atoms with Gasteiger partial charge >= 0.3 is 0 Å². The smallest absolute Gasteiger partial charge is 0.214 e. The first-order chi connectivity index (χ1) is 10.9. The summed E-state index contributed by atoms with van der Waals surface area (Å²) in [6, 6.07) is 10.0. The highest BCUT2D eigenvalue weighted by molar-refractivity contribution is 7.99. The summed E-state index contributed by atoms with van der Waals surface area (Å²) < 4.78 is 18.9. The van der Waals surface area contributed by atoms with Gasteiger partial charge in [0, 0.05) is 12.0 Å². The van der Waals surface area contributed by atoms with Crippen LogP contribution < -0.4 is 0 Å². The van der Waals surface area contributed by atoms with Crippen molar-refractivity contribution in [3.8, 4) is 0 Å². The van der Waals surface area contributed by atoms with E-state index in [1.165, 1.54) is 11.8 Å². The van der Waals surface area contributed by atoms with Crippen LogP contribution in [0.25, 0.3) is 0 Å². The Kier molecular flexibility index (Phi) is 3.83. The zero-order valence-corrected chi connectivity index (χ0v) is 12.8. The minimum atomic E-state index is -0.0661. The zero-order chi connectivity index (χ0) is 14.9. The van der Waals surface area contributed by atoms with Crippen molar-refractivity contribution in [1.29, 1.82) is 0 Å². The second-order valence-corrected chi connectivity index (χ2v) is 6.30. The summed E-state index contributed by atoms with van der Waals surface area (Å²) in [5, 5.41) is 12.8. The molecule has 0 radical (unpaired) electrons. The monoisotopic (exact) mass is 320 g/mol. The van der Waals surface area contributed by atoms with Gasteiger partial charge in [-0.05, 0) is 34.3 Å². The van der Waals surface area contributed by atoms with Crippen molar-refractivity contribution < 1.29 is 14.2 Å². The number of nitrogens with zero attached hydrogens (tertiary/aromatic N) is 4. The van der Waals surface area contributed by atoms with E-state index in [0.29, 0.717) is 13.2 Å². The summed E-state index contributed by atoms with van der Waals surface area (Å²) >= 11 is 1.53. The van der Waals surface area contributed by atoms with Crippen LogP contribution in [0.2, 0.25) is 0 Å². The highest BCUT2D eigenvalue weighted by atomic mass is 32.2. The molecule has 2 aromatic rings. The molecule has 0 amide bonds. The maximum absolute atomic E-state index is 5.85. The molecule has 2 aliphatic rings. The average molecular weight is 320 g/mol. The lowest BCUT2D eigenvalue weighted by Crippen LogP contribution is -2.31. The number of hydrogen-bond acceptors (Lipinski definition) is 7. The maximum atomic E-state index is 5.85. The normalized spacial score (nSPS) is 30.6. The second-order valence-electron chi connectivity index (χ2n) is 5.26. The second kappa shape index (κ2) is 5.96. The van der Waals surface area contributed by atoms with Crippen molar-refractivity contribution in [2.45, 2.75) is 34.4 Å². The molecule has 2 saturated heterocycles. The van der Waals surface area contributed by atoms with Crippen molar-refractivity contribution in [1.82, 2.24) is 20.2 Å². The Labute approximate surface area is 131 Å². The fourth-order valence-electron chi connectivity index (χ4n) is 2.91. The largest absolute Gasteiger partial charge is 0.376 e. The molecule has 7 nitrogen and oxygen atoms in total. The molecule has 2 fully saturated rings. The molecule has 1 aromatic heterocycles. The van der Waals surface area contributed by atoms with Crippen molar-refractivity contribution >= 4 is 11.8 Å². The van der Waals surface area contributed by atoms with E-state index in [4.69, 9.17) is 14.2 Å². The Bertz CT molecular complexity index is 638. The van der Waals surface area contributed by atoms with E-state index in [9.17, 15) is 0 Å². The van der Waals surface area contributed by atoms with Crippen LogP contribution in [0.15, 0.2) is 40.4 Å². The topological polar surface area (TPSA) is 71.3 Å². The molecule has 0 N–H and O–H groups in total. The number of ether oxygens (including phenoxy) is 3. The summed E-state index contributed by atoms with van der Waals surface area (Å²) in [6.45, 7) is 1.08. The molecule has 4 rings (SSSR count). The van der Waals surface area contributed by atoms with Crippen LogP contribution in [0.3, 0.4) is 0 Å². The number of methoxy groups -OCH3 is 1. The van der Waals surface area contributed by atoms with Crippen LogP contribution in [0, 0.1) is 0 Å². The summed E-state index contributed by atoms with van der Waals surface area (Å²) in [4.78, 5) is 1.09. The Morgan fingerprint density at radius 1 is 1.18 bits per heavy atom. The van der Waals surface area contributed by atoms with E-state index in [-0.39, 0.29) is 24.4 Å². The minimum absolute atomic E-state index is 0.0169. The van der Waals surface area contributed by atoms with E-state index in [1.54, 1.807) is 11.8 Å². The van der Waals surface area contributed by atoms with E-state index in [2.05, 4.69) is 15.5 Å². The van der Waals surface area contributed by atoms with Crippen LogP contribution in [-0.2, 0) is 14.2 Å². The molecular weight excluding hydrogens is 304 g/mol. The zero-order valence-electron chi connectivity index (χ0n) is 12.0. The molecule has 0 bridgehead atoms. The molecule has 0 unspecified atom stereocenters. The van der Waals surface area contributed by atoms with E-state index >= 15 is 0 Å². The van der Waals surface area contributed by atoms with Gasteiger partial charge in [-0.25, -0.2) is 4.68 Å². The van der Waals surface area contributed by atoms with Gasteiger partial charge in [-0.1, -0.05) is 18.2 Å². The molecule has 4 atom stereocenters. The quantitative estimate of drug-likeness (QED) is 0.837. The Balaban J connectivity index is 1.56. The van der Waals surface area contributed by atoms with Crippen LogP contribution in [0.5, 0.6) is 0 Å². The van der Waals surface area contributed by atoms with Crippen LogP contribution in [0.4, 0.5) is 0 Å². The predicted molar refractivity (Wildman–Crippen MR) is 77.7 cm³/mol. The molecule has 1 aromatic carbocycles. The Morgan fingerprint density at radius 3 is 2.82 bits per heavy atom. The lowest BCUT2D eigenvalue weighted by atomic mass is 10.1. The van der Waals surface area contributed by atoms with E-state index in [0.717, 1.165) is 10.1 Å². The molecule has 22 heavy (non-hydrogen) atoms. The fourth-order valence-corrected chi connectivity index (χ4v) is 3.76. The van der Waals surface area contributed by atoms with Gasteiger partial charge < -0.3 is 14.2 Å². The first kappa shape index (κ1) is 14.1. The summed E-state index contributed by atoms with van der Waals surface area (Å²) in [7, 11) is 1.68. The number of hydrogen-bond donors (Lipinski definition) is 0. The number of aromatic nitrogens is 4. The number of rotatable bonds is 4. The van der Waals surface area contributed by atoms with Gasteiger partial charge in [-0.15, -0.1) is 5.10 Å². The SMILES string of the molecule is CO[C@@H]1CO[C@H]2[C@@H]1OC[C@@H]2n1nnnc1Sc1ccccc1. The first-order valence-corrected chi connectivity index (χ1v) is 7.95. The number of fused-ring (bicyclic) bond motifs is 1. The summed E-state index contributed by atoms with van der Waals surface area (Å²) in [5.41, 5.74) is 0. The highest BCUT2D eigenvalue weighted by Crippen LogP contribution is 2.37. The third-order valence-corrected chi connectivity index (χ3v) is 4.97. The van der Waals surface area contributed by atoms with Gasteiger partial charge in [0.1, 0.15) is 24.4 Å². The van der Waals surface area contributed by atoms with Gasteiger partial charge in [0.05, 0.1) is 13.2 Å². The number of tetrazole rings is 1. The molecule has 116 valence electrons. The van der Waals surface area contributed by atoms with Gasteiger partial charge in [-0.3, -0.25) is 0 Å². The van der Waals surface area contributed by atoms with Crippen LogP contribution >= 0.6 is 11.8 Å². The molecular formula is C14H16N4O3S. The first-order valence-electron chi connectivity index (χ1n) is 7.13. The third-order valence-electron chi connectivity index (χ3n) is 4.01. The highest BCUT2D eigenvalue weighted by Gasteiger charge is 2.49. The summed E-state index contributed by atoms with van der Waals surface area (Å²) in [5.74, 6) is 0. The van der Waals surface area contributed by atoms with Gasteiger partial charge in [0.15, 0.2) is 0 Å². The standard InChI is InChI=1S/C14H16N4O3S/c1-19-11-8-21-12-10(7-20-13(11)12)18-14(15-16-17-18)22-9-5-3-2-4-6-9/h2-6,10-13H,7-8H2,1H3/t10-,11+,12+,13+/m0/s1. The maximum Gasteiger partial charge on any atom is 0.214 e. The van der Waals surface area contributed by atoms with Crippen molar-refractivity contribution in [2.75, 3.05) is 20.3 Å². The fraction of sp³-hybridized carbons (Fsp3) is 0.500. The Hall–Kier alpha value is -1.48. The van der Waals surface area contributed by atoms with Gasteiger partial charge in [-0.2, -0.15) is 0 Å². The summed E-state index contributed by atoms with van der Waals surface area (Å²) in [6.07, 6.45) is -0.131. The van der Waals surface area contributed by atoms with Crippen molar-refractivity contribution in [3.63, 3.8) is 0 Å². The predicted octanol–water partition coefficient (Wildman–Crippen LogP) is 1.18. The van der Waals surface area contributed by atoms with Crippen LogP contribution in [0.1, 0.15) is 6.04 Å². The molecule has 3 heterocycles. The molecule has 2 aliphatic heterocycles. The Morgan fingerprint density at radius 2 is 2.00 bits per heavy atom. The molecule has 0 saturated carbocycles. The third kappa shape index (κ3) is 2.41. The average Bonchev–Trinajstić information content (AvgIpc) is 3.24. The van der Waals surface area contributed by atoms with Crippen molar-refractivity contribution in [2.24, 2.45) is 0 Å². The van der Waals surface area contributed by atoms with Gasteiger partial charge in [0.25, 0.3) is 0 Å². The molecule has 0 aliphatic carbocycles. The lowest BCUT2D eigenvalue weighted by molar-refractivity contribution is -0.00928. The van der Waals surface area contributed by atoms with E-state index < -0.39 is 0 Å². The molecule has 0 spiro atoms. The van der Waals surface area contributed by atoms with Crippen molar-refractivity contribution in [3.05, 3.63) is 30.3 Å². The number of benzene rings is 1.